The summed E-state index contributed by atoms with van der Waals surface area (Å²) in [4.78, 5) is 9.49. The number of aromatic nitrogens is 6. The summed E-state index contributed by atoms with van der Waals surface area (Å²) in [6, 6.07) is 8.25. The number of methoxy groups -OCH3 is 1. The molecule has 0 radical (unpaired) electrons. The molecule has 9 nitrogen and oxygen atoms in total. The van der Waals surface area contributed by atoms with Gasteiger partial charge in [-0.25, -0.2) is 9.07 Å². The number of aliphatic hydroxyl groups is 1. The van der Waals surface area contributed by atoms with Crippen LogP contribution in [0.4, 0.5) is 4.39 Å². The van der Waals surface area contributed by atoms with Crippen molar-refractivity contribution in [2.45, 2.75) is 45.2 Å². The summed E-state index contributed by atoms with van der Waals surface area (Å²) in [5.74, 6) is 0.105. The maximum Gasteiger partial charge on any atom is 0.133 e. The Bertz CT molecular complexity index is 1820. The average molecular weight is 548 g/mol. The van der Waals surface area contributed by atoms with E-state index in [9.17, 15) is 5.11 Å². The van der Waals surface area contributed by atoms with E-state index < -0.39 is 18.3 Å². The topological polar surface area (TPSA) is 100 Å². The Labute approximate surface area is 235 Å². The summed E-state index contributed by atoms with van der Waals surface area (Å²) in [5.41, 5.74) is 1.87. The Kier molecular flexibility index (Phi) is 5.68. The molecule has 5 heterocycles. The van der Waals surface area contributed by atoms with E-state index in [-0.39, 0.29) is 28.9 Å². The molecule has 1 aromatic carbocycles. The van der Waals surface area contributed by atoms with Crippen molar-refractivity contribution in [3.63, 3.8) is 0 Å². The molecule has 1 aliphatic rings. The van der Waals surface area contributed by atoms with E-state index in [4.69, 9.17) is 23.6 Å². The van der Waals surface area contributed by atoms with Gasteiger partial charge in [0.1, 0.15) is 11.6 Å². The molecule has 6 rings (SSSR count). The first-order valence-corrected chi connectivity index (χ1v) is 13.2. The fraction of sp³-hybridized carbons (Fsp3) is 0.400. The van der Waals surface area contributed by atoms with Crippen LogP contribution in [0.3, 0.4) is 0 Å². The maximum absolute atomic E-state index is 16.0. The number of nitrogens with zero attached hydrogens (tertiary/aromatic N) is 6. The highest BCUT2D eigenvalue weighted by molar-refractivity contribution is 6.07. The van der Waals surface area contributed by atoms with Gasteiger partial charge in [-0.05, 0) is 63.7 Å². The molecule has 5 aromatic rings. The van der Waals surface area contributed by atoms with Gasteiger partial charge in [0, 0.05) is 59.3 Å². The molecule has 208 valence electrons. The van der Waals surface area contributed by atoms with Crippen molar-refractivity contribution in [3.05, 3.63) is 65.5 Å². The summed E-state index contributed by atoms with van der Waals surface area (Å²) in [7, 11) is 3.14. The molecule has 1 saturated heterocycles. The van der Waals surface area contributed by atoms with Crippen LogP contribution in [0, 0.1) is 18.6 Å². The number of halogens is 1. The second-order valence-corrected chi connectivity index (χ2v) is 10.8. The lowest BCUT2D eigenvalue weighted by Gasteiger charge is -2.32. The third-order valence-corrected chi connectivity index (χ3v) is 7.80. The van der Waals surface area contributed by atoms with Gasteiger partial charge in [0.2, 0.25) is 0 Å². The van der Waals surface area contributed by atoms with E-state index >= 15 is 4.39 Å². The van der Waals surface area contributed by atoms with Crippen LogP contribution >= 0.6 is 0 Å². The first kappa shape index (κ1) is 22.9. The summed E-state index contributed by atoms with van der Waals surface area (Å²) in [6.45, 7) is 1.93. The molecule has 0 saturated carbocycles. The predicted molar refractivity (Wildman–Crippen MR) is 150 cm³/mol. The molecule has 1 N–H and O–H groups in total. The van der Waals surface area contributed by atoms with Crippen molar-refractivity contribution in [1.29, 1.82) is 0 Å². The molecule has 1 aliphatic heterocycles. The Hall–Kier alpha value is -3.89. The molecule has 1 unspecified atom stereocenters. The number of hydrogen-bond donors (Lipinski definition) is 1. The van der Waals surface area contributed by atoms with E-state index in [1.807, 2.05) is 12.1 Å². The van der Waals surface area contributed by atoms with Crippen molar-refractivity contribution in [3.8, 4) is 17.0 Å². The Morgan fingerprint density at radius 3 is 2.70 bits per heavy atom. The van der Waals surface area contributed by atoms with Crippen molar-refractivity contribution in [1.82, 2.24) is 29.5 Å². The standard InChI is InChI=1S/C30H33FN6O3/c1-17-28(36(4)35-34-17)21-15-25-22(14-23(21)31)27-26(12-19(16-33-27)30(2,3)38)37(25)29(18-7-10-40-11-8-18)24-13-20(39-5)6-9-32-24/h6,9,12-16,18,29,38H,7-8,10-11H2,1-5H3/i1D3. The summed E-state index contributed by atoms with van der Waals surface area (Å²) in [5, 5.41) is 19.2. The molecule has 4 aromatic heterocycles. The van der Waals surface area contributed by atoms with Crippen molar-refractivity contribution >= 4 is 21.9 Å². The van der Waals surface area contributed by atoms with Crippen LogP contribution in [-0.4, -0.2) is 55.0 Å². The molecule has 0 spiro atoms. The molecule has 1 fully saturated rings. The highest BCUT2D eigenvalue weighted by Crippen LogP contribution is 2.42. The molecule has 1 atom stereocenters. The number of aryl methyl sites for hydroxylation is 2. The molecule has 40 heavy (non-hydrogen) atoms. The van der Waals surface area contributed by atoms with Crippen molar-refractivity contribution < 1.29 is 23.1 Å². The summed E-state index contributed by atoms with van der Waals surface area (Å²) in [6.07, 6.45) is 4.81. The highest BCUT2D eigenvalue weighted by atomic mass is 19.1. The lowest BCUT2D eigenvalue weighted by molar-refractivity contribution is 0.0547. The minimum absolute atomic E-state index is 0.0576. The summed E-state index contributed by atoms with van der Waals surface area (Å²) < 4.78 is 54.7. The number of rotatable bonds is 6. The zero-order valence-corrected chi connectivity index (χ0v) is 22.8. The van der Waals surface area contributed by atoms with Gasteiger partial charge in [-0.3, -0.25) is 9.97 Å². The monoisotopic (exact) mass is 547 g/mol. The fourth-order valence-corrected chi connectivity index (χ4v) is 5.73. The lowest BCUT2D eigenvalue weighted by Crippen LogP contribution is -2.27. The molecule has 10 heteroatoms. The van der Waals surface area contributed by atoms with E-state index in [1.165, 1.54) is 10.7 Å². The zero-order chi connectivity index (χ0) is 30.7. The van der Waals surface area contributed by atoms with Crippen molar-refractivity contribution in [2.75, 3.05) is 20.3 Å². The predicted octanol–water partition coefficient (Wildman–Crippen LogP) is 5.08. The first-order valence-electron chi connectivity index (χ1n) is 14.7. The van der Waals surface area contributed by atoms with Crippen LogP contribution < -0.4 is 4.74 Å². The molecular formula is C30H33FN6O3. The van der Waals surface area contributed by atoms with Gasteiger partial charge in [0.15, 0.2) is 0 Å². The number of benzene rings is 1. The Morgan fingerprint density at radius 1 is 1.18 bits per heavy atom. The van der Waals surface area contributed by atoms with Crippen LogP contribution in [0.2, 0.25) is 0 Å². The lowest BCUT2D eigenvalue weighted by atomic mass is 9.88. The largest absolute Gasteiger partial charge is 0.497 e. The van der Waals surface area contributed by atoms with Crippen LogP contribution in [0.5, 0.6) is 5.75 Å². The van der Waals surface area contributed by atoms with E-state index in [1.54, 1.807) is 52.5 Å². The third kappa shape index (κ3) is 4.41. The maximum atomic E-state index is 16.0. The van der Waals surface area contributed by atoms with Crippen LogP contribution in [0.25, 0.3) is 33.2 Å². The third-order valence-electron chi connectivity index (χ3n) is 7.80. The van der Waals surface area contributed by atoms with Crippen LogP contribution in [0.15, 0.2) is 42.7 Å². The van der Waals surface area contributed by atoms with Gasteiger partial charge in [-0.1, -0.05) is 5.21 Å². The fourth-order valence-electron chi connectivity index (χ4n) is 5.73. The minimum atomic E-state index is -2.60. The Balaban J connectivity index is 1.73. The minimum Gasteiger partial charge on any atom is -0.497 e. The van der Waals surface area contributed by atoms with Gasteiger partial charge in [-0.15, -0.1) is 5.10 Å². The number of hydrogen-bond acceptors (Lipinski definition) is 7. The number of pyridine rings is 2. The van der Waals surface area contributed by atoms with Crippen LogP contribution in [-0.2, 0) is 17.4 Å². The van der Waals surface area contributed by atoms with Gasteiger partial charge in [-0.2, -0.15) is 0 Å². The van der Waals surface area contributed by atoms with E-state index in [0.717, 1.165) is 18.5 Å². The van der Waals surface area contributed by atoms with Crippen LogP contribution in [0.1, 0.15) is 53.8 Å². The number of fused-ring (bicyclic) bond motifs is 3. The van der Waals surface area contributed by atoms with Gasteiger partial charge in [0.05, 0.1) is 52.4 Å². The van der Waals surface area contributed by atoms with Crippen molar-refractivity contribution in [2.24, 2.45) is 13.0 Å². The molecule has 0 aliphatic carbocycles. The quantitative estimate of drug-likeness (QED) is 0.316. The van der Waals surface area contributed by atoms with Gasteiger partial charge >= 0.3 is 0 Å². The van der Waals surface area contributed by atoms with Gasteiger partial charge in [0.25, 0.3) is 0 Å². The highest BCUT2D eigenvalue weighted by Gasteiger charge is 2.33. The normalized spacial score (nSPS) is 17.1. The first-order chi connectivity index (χ1) is 20.4. The second-order valence-electron chi connectivity index (χ2n) is 10.8. The molecule has 0 amide bonds. The summed E-state index contributed by atoms with van der Waals surface area (Å²) >= 11 is 0. The van der Waals surface area contributed by atoms with E-state index in [2.05, 4.69) is 14.9 Å². The SMILES string of the molecule is [2H]C([2H])([2H])c1nnn(C)c1-c1cc2c(cc1F)c1ncc(C(C)(C)O)cc1n2C(c1cc(OC)ccn1)C1CCOCC1. The second kappa shape index (κ2) is 9.94. The smallest absolute Gasteiger partial charge is 0.133 e. The van der Waals surface area contributed by atoms with E-state index in [0.29, 0.717) is 46.5 Å². The average Bonchev–Trinajstić information content (AvgIpc) is 3.50. The Morgan fingerprint density at radius 2 is 1.98 bits per heavy atom. The van der Waals surface area contributed by atoms with Gasteiger partial charge < -0.3 is 19.1 Å². The molecule has 0 bridgehead atoms. The molecular weight excluding hydrogens is 511 g/mol. The number of ether oxygens (including phenoxy) is 2. The zero-order valence-electron chi connectivity index (χ0n) is 25.8.